The zero-order valence-electron chi connectivity index (χ0n) is 19.2. The molecule has 0 radical (unpaired) electrons. The van der Waals surface area contributed by atoms with Gasteiger partial charge in [-0.05, 0) is 60.2 Å². The maximum atomic E-state index is 12.5. The van der Waals surface area contributed by atoms with Crippen molar-refractivity contribution in [3.8, 4) is 28.6 Å². The van der Waals surface area contributed by atoms with Gasteiger partial charge in [0, 0.05) is 35.8 Å². The molecule has 0 fully saturated rings. The number of methoxy groups -OCH3 is 1. The maximum absolute atomic E-state index is 12.5. The molecule has 1 aliphatic rings. The van der Waals surface area contributed by atoms with E-state index in [9.17, 15) is 4.79 Å². The summed E-state index contributed by atoms with van der Waals surface area (Å²) in [6.45, 7) is 1.45. The van der Waals surface area contributed by atoms with Crippen LogP contribution in [0, 0.1) is 0 Å². The Kier molecular flexibility index (Phi) is 6.43. The third-order valence-corrected chi connectivity index (χ3v) is 5.50. The molecule has 0 saturated carbocycles. The third kappa shape index (κ3) is 5.01. The number of nitrogens with zero attached hydrogens (tertiary/aromatic N) is 2. The van der Waals surface area contributed by atoms with E-state index in [-0.39, 0.29) is 5.91 Å². The number of benzene rings is 2. The van der Waals surface area contributed by atoms with Crippen molar-refractivity contribution in [2.45, 2.75) is 6.54 Å². The summed E-state index contributed by atoms with van der Waals surface area (Å²) in [5.74, 6) is 1.68. The first-order chi connectivity index (χ1) is 17.2. The minimum atomic E-state index is -0.151. The lowest BCUT2D eigenvalue weighted by atomic mass is 10.1. The highest BCUT2D eigenvalue weighted by Gasteiger charge is 2.19. The van der Waals surface area contributed by atoms with Crippen molar-refractivity contribution in [2.75, 3.05) is 25.6 Å². The highest BCUT2D eigenvalue weighted by molar-refractivity contribution is 5.94. The van der Waals surface area contributed by atoms with Gasteiger partial charge in [-0.1, -0.05) is 12.1 Å². The third-order valence-electron chi connectivity index (χ3n) is 5.50. The van der Waals surface area contributed by atoms with Crippen molar-refractivity contribution in [3.05, 3.63) is 90.3 Å². The van der Waals surface area contributed by atoms with Crippen LogP contribution in [0.5, 0.6) is 17.4 Å². The van der Waals surface area contributed by atoms with Crippen molar-refractivity contribution >= 4 is 17.3 Å². The Bertz CT molecular complexity index is 1330. The van der Waals surface area contributed by atoms with E-state index in [0.717, 1.165) is 22.5 Å². The Morgan fingerprint density at radius 3 is 2.66 bits per heavy atom. The van der Waals surface area contributed by atoms with Crippen LogP contribution in [-0.4, -0.2) is 36.2 Å². The van der Waals surface area contributed by atoms with Gasteiger partial charge in [0.2, 0.25) is 5.88 Å². The number of hydrogen-bond acceptors (Lipinski definition) is 7. The molecule has 0 saturated heterocycles. The van der Waals surface area contributed by atoms with E-state index in [1.165, 1.54) is 0 Å². The minimum absolute atomic E-state index is 0.151. The van der Waals surface area contributed by atoms with Gasteiger partial charge in [-0.2, -0.15) is 0 Å². The van der Waals surface area contributed by atoms with Crippen LogP contribution in [0.1, 0.15) is 15.9 Å². The number of aromatic nitrogens is 2. The number of carbonyl (C=O) groups is 1. The Balaban J connectivity index is 1.29. The van der Waals surface area contributed by atoms with Gasteiger partial charge in [0.25, 0.3) is 5.91 Å². The number of para-hydroxylation sites is 1. The number of nitrogens with one attached hydrogen (secondary N) is 2. The lowest BCUT2D eigenvalue weighted by molar-refractivity contribution is 0.0951. The van der Waals surface area contributed by atoms with Gasteiger partial charge in [0.15, 0.2) is 11.5 Å². The Morgan fingerprint density at radius 1 is 1.00 bits per heavy atom. The first kappa shape index (κ1) is 22.2. The van der Waals surface area contributed by atoms with E-state index >= 15 is 0 Å². The molecule has 4 aromatic rings. The average Bonchev–Trinajstić information content (AvgIpc) is 2.92. The van der Waals surface area contributed by atoms with Crippen LogP contribution in [0.3, 0.4) is 0 Å². The van der Waals surface area contributed by atoms with Gasteiger partial charge in [0.05, 0.1) is 12.8 Å². The number of ether oxygens (including phenoxy) is 3. The van der Waals surface area contributed by atoms with Crippen LogP contribution >= 0.6 is 0 Å². The monoisotopic (exact) mass is 468 g/mol. The molecule has 0 aliphatic carbocycles. The van der Waals surface area contributed by atoms with Crippen LogP contribution in [0.15, 0.2) is 79.1 Å². The molecule has 8 nitrogen and oxygen atoms in total. The van der Waals surface area contributed by atoms with Gasteiger partial charge in [-0.3, -0.25) is 9.78 Å². The normalized spacial score (nSPS) is 12.0. The predicted octanol–water partition coefficient (Wildman–Crippen LogP) is 4.60. The topological polar surface area (TPSA) is 94.6 Å². The maximum Gasteiger partial charge on any atom is 0.251 e. The quantitative estimate of drug-likeness (QED) is 0.409. The first-order valence-electron chi connectivity index (χ1n) is 11.2. The number of carbonyl (C=O) groups excluding carboxylic acids is 1. The summed E-state index contributed by atoms with van der Waals surface area (Å²) in [4.78, 5) is 21.2. The number of amides is 1. The van der Waals surface area contributed by atoms with Crippen molar-refractivity contribution in [3.63, 3.8) is 0 Å². The lowest BCUT2D eigenvalue weighted by Gasteiger charge is -2.21. The van der Waals surface area contributed by atoms with E-state index in [0.29, 0.717) is 48.4 Å². The number of pyridine rings is 2. The summed E-state index contributed by atoms with van der Waals surface area (Å²) in [5, 5.41) is 6.20. The number of fused-ring (bicyclic) bond motifs is 1. The fraction of sp³-hybridized carbons (Fsp3) is 0.148. The molecule has 35 heavy (non-hydrogen) atoms. The fourth-order valence-electron chi connectivity index (χ4n) is 3.76. The summed E-state index contributed by atoms with van der Waals surface area (Å²) in [5.41, 5.74) is 4.57. The molecular weight excluding hydrogens is 444 g/mol. The number of anilines is 2. The first-order valence-corrected chi connectivity index (χ1v) is 11.2. The fourth-order valence-corrected chi connectivity index (χ4v) is 3.76. The average molecular weight is 469 g/mol. The van der Waals surface area contributed by atoms with Gasteiger partial charge in [-0.15, -0.1) is 0 Å². The van der Waals surface area contributed by atoms with Crippen LogP contribution in [0.25, 0.3) is 11.3 Å². The molecule has 2 aromatic heterocycles. The molecule has 2 N–H and O–H groups in total. The standard InChI is InChI=1S/C27H24N4O4/c1-33-27-23(12-11-22(31-27)21-5-2-6-24-25(21)35-15-14-34-24)30-20-9-7-19(8-10-20)26(32)29-17-18-4-3-13-28-16-18/h2-13,16,30H,14-15,17H2,1H3,(H,29,32). The lowest BCUT2D eigenvalue weighted by Crippen LogP contribution is -2.22. The summed E-state index contributed by atoms with van der Waals surface area (Å²) >= 11 is 0. The molecule has 0 atom stereocenters. The zero-order chi connectivity index (χ0) is 24.0. The molecular formula is C27H24N4O4. The van der Waals surface area contributed by atoms with Crippen molar-refractivity contribution in [2.24, 2.45) is 0 Å². The van der Waals surface area contributed by atoms with Gasteiger partial charge in [0.1, 0.15) is 18.9 Å². The molecule has 0 spiro atoms. The Hall–Kier alpha value is -4.59. The van der Waals surface area contributed by atoms with Gasteiger partial charge in [-0.25, -0.2) is 4.98 Å². The Morgan fingerprint density at radius 2 is 1.86 bits per heavy atom. The second kappa shape index (κ2) is 10.1. The van der Waals surface area contributed by atoms with E-state index in [1.807, 2.05) is 54.6 Å². The number of rotatable bonds is 7. The smallest absolute Gasteiger partial charge is 0.251 e. The summed E-state index contributed by atoms with van der Waals surface area (Å²) in [6.07, 6.45) is 3.43. The van der Waals surface area contributed by atoms with Crippen molar-refractivity contribution in [1.29, 1.82) is 0 Å². The predicted molar refractivity (Wildman–Crippen MR) is 132 cm³/mol. The summed E-state index contributed by atoms with van der Waals surface area (Å²) in [6, 6.07) is 20.5. The van der Waals surface area contributed by atoms with Crippen LogP contribution < -0.4 is 24.8 Å². The molecule has 1 amide bonds. The van der Waals surface area contributed by atoms with Crippen molar-refractivity contribution in [1.82, 2.24) is 15.3 Å². The molecule has 8 heteroatoms. The molecule has 0 bridgehead atoms. The molecule has 1 aliphatic heterocycles. The second-order valence-corrected chi connectivity index (χ2v) is 7.83. The molecule has 3 heterocycles. The SMILES string of the molecule is COc1nc(-c2cccc3c2OCCO3)ccc1Nc1ccc(C(=O)NCc2cccnc2)cc1. The van der Waals surface area contributed by atoms with E-state index in [4.69, 9.17) is 14.2 Å². The minimum Gasteiger partial charge on any atom is -0.486 e. The molecule has 176 valence electrons. The second-order valence-electron chi connectivity index (χ2n) is 7.83. The van der Waals surface area contributed by atoms with Crippen LogP contribution in [-0.2, 0) is 6.54 Å². The van der Waals surface area contributed by atoms with Crippen LogP contribution in [0.2, 0.25) is 0 Å². The van der Waals surface area contributed by atoms with Crippen molar-refractivity contribution < 1.29 is 19.0 Å². The molecule has 2 aromatic carbocycles. The Labute approximate surface area is 202 Å². The zero-order valence-corrected chi connectivity index (χ0v) is 19.2. The molecule has 5 rings (SSSR count). The number of hydrogen-bond donors (Lipinski definition) is 2. The van der Waals surface area contributed by atoms with Gasteiger partial charge >= 0.3 is 0 Å². The van der Waals surface area contributed by atoms with Crippen LogP contribution in [0.4, 0.5) is 11.4 Å². The highest BCUT2D eigenvalue weighted by atomic mass is 16.6. The summed E-state index contributed by atoms with van der Waals surface area (Å²) < 4.78 is 17.1. The molecule has 0 unspecified atom stereocenters. The summed E-state index contributed by atoms with van der Waals surface area (Å²) in [7, 11) is 1.58. The van der Waals surface area contributed by atoms with E-state index < -0.39 is 0 Å². The largest absolute Gasteiger partial charge is 0.486 e. The van der Waals surface area contributed by atoms with E-state index in [2.05, 4.69) is 20.6 Å². The highest BCUT2D eigenvalue weighted by Crippen LogP contribution is 2.40. The van der Waals surface area contributed by atoms with E-state index in [1.54, 1.807) is 31.6 Å². The van der Waals surface area contributed by atoms with Gasteiger partial charge < -0.3 is 24.8 Å².